The van der Waals surface area contributed by atoms with Crippen LogP contribution >= 0.6 is 0 Å². The van der Waals surface area contributed by atoms with Crippen LogP contribution in [0.2, 0.25) is 0 Å². The third-order valence-corrected chi connectivity index (χ3v) is 7.49. The van der Waals surface area contributed by atoms with Crippen molar-refractivity contribution in [3.63, 3.8) is 0 Å². The lowest BCUT2D eigenvalue weighted by atomic mass is 9.94. The van der Waals surface area contributed by atoms with Crippen molar-refractivity contribution in [2.75, 3.05) is 14.2 Å². The lowest BCUT2D eigenvalue weighted by Crippen LogP contribution is -2.52. The Morgan fingerprint density at radius 1 is 0.821 bits per heavy atom. The molecule has 206 valence electrons. The Balaban J connectivity index is 1.59. The van der Waals surface area contributed by atoms with Crippen LogP contribution in [0.3, 0.4) is 0 Å². The van der Waals surface area contributed by atoms with E-state index in [1.807, 2.05) is 78.9 Å². The van der Waals surface area contributed by atoms with E-state index in [1.165, 1.54) is 6.42 Å². The van der Waals surface area contributed by atoms with Crippen LogP contribution in [0.5, 0.6) is 11.5 Å². The zero-order chi connectivity index (χ0) is 27.5. The molecule has 0 saturated heterocycles. The van der Waals surface area contributed by atoms with Gasteiger partial charge in [0.15, 0.2) is 11.5 Å². The summed E-state index contributed by atoms with van der Waals surface area (Å²) in [5.41, 5.74) is 3.01. The molecule has 0 bridgehead atoms. The number of nitrogens with one attached hydrogen (secondary N) is 1. The van der Waals surface area contributed by atoms with E-state index in [2.05, 4.69) is 5.32 Å². The Morgan fingerprint density at radius 3 is 2.10 bits per heavy atom. The van der Waals surface area contributed by atoms with E-state index < -0.39 is 6.04 Å². The van der Waals surface area contributed by atoms with Crippen molar-refractivity contribution in [1.29, 1.82) is 0 Å². The van der Waals surface area contributed by atoms with Gasteiger partial charge in [0.2, 0.25) is 11.8 Å². The summed E-state index contributed by atoms with van der Waals surface area (Å²) < 4.78 is 10.8. The van der Waals surface area contributed by atoms with Gasteiger partial charge in [0.1, 0.15) is 6.04 Å². The Kier molecular flexibility index (Phi) is 10.4. The fourth-order valence-electron chi connectivity index (χ4n) is 5.31. The van der Waals surface area contributed by atoms with Crippen molar-refractivity contribution in [2.24, 2.45) is 0 Å². The lowest BCUT2D eigenvalue weighted by molar-refractivity contribution is -0.141. The van der Waals surface area contributed by atoms with Gasteiger partial charge in [0.25, 0.3) is 0 Å². The molecule has 0 radical (unpaired) electrons. The van der Waals surface area contributed by atoms with Gasteiger partial charge in [-0.15, -0.1) is 0 Å². The van der Waals surface area contributed by atoms with Crippen LogP contribution in [0.4, 0.5) is 0 Å². The van der Waals surface area contributed by atoms with Gasteiger partial charge in [-0.3, -0.25) is 9.59 Å². The SMILES string of the molecule is COc1ccc(CCC(=O)N(Cc2ccccc2)[C@@H](Cc2ccccc2)C(=O)NC2CCCCC2)cc1OC. The standard InChI is InChI=1S/C33H40N2O4/c1-38-30-20-18-26(23-31(30)39-2)19-21-32(36)35(24-27-14-8-4-9-15-27)29(22-25-12-6-3-7-13-25)33(37)34-28-16-10-5-11-17-28/h3-4,6-9,12-15,18,20,23,28-29H,5,10-11,16-17,19,21-22,24H2,1-2H3,(H,34,37)/t29-/m0/s1. The van der Waals surface area contributed by atoms with E-state index in [4.69, 9.17) is 9.47 Å². The predicted octanol–water partition coefficient (Wildman–Crippen LogP) is 5.73. The first-order valence-electron chi connectivity index (χ1n) is 14.0. The third kappa shape index (κ3) is 8.09. The predicted molar refractivity (Wildman–Crippen MR) is 154 cm³/mol. The smallest absolute Gasteiger partial charge is 0.243 e. The highest BCUT2D eigenvalue weighted by Crippen LogP contribution is 2.28. The van der Waals surface area contributed by atoms with Crippen molar-refractivity contribution in [3.05, 3.63) is 95.6 Å². The third-order valence-electron chi connectivity index (χ3n) is 7.49. The molecule has 2 amide bonds. The van der Waals surface area contributed by atoms with E-state index in [1.54, 1.807) is 19.1 Å². The van der Waals surface area contributed by atoms with Gasteiger partial charge in [-0.25, -0.2) is 0 Å². The maximum Gasteiger partial charge on any atom is 0.243 e. The normalized spacial score (nSPS) is 14.3. The number of hydrogen-bond donors (Lipinski definition) is 1. The molecular formula is C33H40N2O4. The second-order valence-electron chi connectivity index (χ2n) is 10.2. The summed E-state index contributed by atoms with van der Waals surface area (Å²) in [6.45, 7) is 0.376. The molecule has 0 unspecified atom stereocenters. The number of benzene rings is 3. The number of nitrogens with zero attached hydrogens (tertiary/aromatic N) is 1. The Labute approximate surface area is 232 Å². The van der Waals surface area contributed by atoms with Crippen molar-refractivity contribution >= 4 is 11.8 Å². The number of carbonyl (C=O) groups excluding carboxylic acids is 2. The van der Waals surface area contributed by atoms with Crippen LogP contribution < -0.4 is 14.8 Å². The minimum absolute atomic E-state index is 0.0478. The molecular weight excluding hydrogens is 488 g/mol. The van der Waals surface area contributed by atoms with E-state index in [9.17, 15) is 9.59 Å². The van der Waals surface area contributed by atoms with Gasteiger partial charge in [0.05, 0.1) is 14.2 Å². The molecule has 0 heterocycles. The quantitative estimate of drug-likeness (QED) is 0.326. The molecule has 1 aliphatic rings. The highest BCUT2D eigenvalue weighted by Gasteiger charge is 2.31. The number of rotatable bonds is 12. The van der Waals surface area contributed by atoms with Crippen LogP contribution in [0.1, 0.15) is 55.2 Å². The average molecular weight is 529 g/mol. The van der Waals surface area contributed by atoms with Crippen LogP contribution in [-0.4, -0.2) is 43.0 Å². The highest BCUT2D eigenvalue weighted by molar-refractivity contribution is 5.88. The van der Waals surface area contributed by atoms with Crippen molar-refractivity contribution in [2.45, 2.75) is 70.0 Å². The molecule has 6 nitrogen and oxygen atoms in total. The molecule has 3 aromatic carbocycles. The fraction of sp³-hybridized carbons (Fsp3) is 0.394. The fourth-order valence-corrected chi connectivity index (χ4v) is 5.31. The molecule has 1 saturated carbocycles. The van der Waals surface area contributed by atoms with Crippen molar-refractivity contribution in [3.8, 4) is 11.5 Å². The molecule has 0 aromatic heterocycles. The van der Waals surface area contributed by atoms with Crippen molar-refractivity contribution in [1.82, 2.24) is 10.2 Å². The van der Waals surface area contributed by atoms with Gasteiger partial charge >= 0.3 is 0 Å². The van der Waals surface area contributed by atoms with Gasteiger partial charge in [-0.2, -0.15) is 0 Å². The second kappa shape index (κ2) is 14.4. The molecule has 3 aromatic rings. The molecule has 1 N–H and O–H groups in total. The van der Waals surface area contributed by atoms with Crippen molar-refractivity contribution < 1.29 is 19.1 Å². The lowest BCUT2D eigenvalue weighted by Gasteiger charge is -2.33. The molecule has 6 heteroatoms. The Bertz CT molecular complexity index is 1190. The second-order valence-corrected chi connectivity index (χ2v) is 10.2. The number of aryl methyl sites for hydroxylation is 1. The number of carbonyl (C=O) groups is 2. The zero-order valence-electron chi connectivity index (χ0n) is 23.1. The zero-order valence-corrected chi connectivity index (χ0v) is 23.1. The number of hydrogen-bond acceptors (Lipinski definition) is 4. The molecule has 1 fully saturated rings. The number of amides is 2. The molecule has 0 spiro atoms. The minimum atomic E-state index is -0.604. The van der Waals surface area contributed by atoms with Crippen LogP contribution in [0.25, 0.3) is 0 Å². The first kappa shape index (κ1) is 28.2. The number of ether oxygens (including phenoxy) is 2. The van der Waals surface area contributed by atoms with E-state index in [0.29, 0.717) is 30.9 Å². The van der Waals surface area contributed by atoms with E-state index >= 15 is 0 Å². The first-order valence-corrected chi connectivity index (χ1v) is 14.0. The minimum Gasteiger partial charge on any atom is -0.493 e. The van der Waals surface area contributed by atoms with Crippen LogP contribution in [0.15, 0.2) is 78.9 Å². The monoisotopic (exact) mass is 528 g/mol. The first-order chi connectivity index (χ1) is 19.1. The van der Waals surface area contributed by atoms with Crippen LogP contribution in [-0.2, 0) is 29.0 Å². The summed E-state index contributed by atoms with van der Waals surface area (Å²) >= 11 is 0. The maximum atomic E-state index is 13.9. The Morgan fingerprint density at radius 2 is 1.46 bits per heavy atom. The summed E-state index contributed by atoms with van der Waals surface area (Å²) in [6, 6.07) is 25.2. The molecule has 39 heavy (non-hydrogen) atoms. The van der Waals surface area contributed by atoms with Gasteiger partial charge in [-0.1, -0.05) is 86.0 Å². The molecule has 1 atom stereocenters. The molecule has 1 aliphatic carbocycles. The summed E-state index contributed by atoms with van der Waals surface area (Å²) in [4.78, 5) is 29.5. The summed E-state index contributed by atoms with van der Waals surface area (Å²) in [5.74, 6) is 1.17. The average Bonchev–Trinajstić information content (AvgIpc) is 2.99. The maximum absolute atomic E-state index is 13.9. The van der Waals surface area contributed by atoms with E-state index in [0.717, 1.165) is 42.4 Å². The largest absolute Gasteiger partial charge is 0.493 e. The van der Waals surface area contributed by atoms with Crippen LogP contribution in [0, 0.1) is 0 Å². The highest BCUT2D eigenvalue weighted by atomic mass is 16.5. The molecule has 0 aliphatic heterocycles. The topological polar surface area (TPSA) is 67.9 Å². The van der Waals surface area contributed by atoms with E-state index in [-0.39, 0.29) is 24.3 Å². The van der Waals surface area contributed by atoms with Gasteiger partial charge < -0.3 is 19.7 Å². The summed E-state index contributed by atoms with van der Waals surface area (Å²) in [5, 5.41) is 3.30. The van der Waals surface area contributed by atoms with Gasteiger partial charge in [0, 0.05) is 25.4 Å². The Hall–Kier alpha value is -3.80. The molecule has 4 rings (SSSR count). The summed E-state index contributed by atoms with van der Waals surface area (Å²) in [7, 11) is 3.21. The number of methoxy groups -OCH3 is 2. The van der Waals surface area contributed by atoms with Gasteiger partial charge in [-0.05, 0) is 48.1 Å². The summed E-state index contributed by atoms with van der Waals surface area (Å²) in [6.07, 6.45) is 6.75.